The van der Waals surface area contributed by atoms with Crippen molar-refractivity contribution in [3.05, 3.63) is 12.2 Å². The Hall–Kier alpha value is -0.940. The van der Waals surface area contributed by atoms with Crippen molar-refractivity contribution in [2.45, 2.75) is 46.3 Å². The maximum Gasteiger partial charge on any atom is 0.140 e. The normalized spacial score (nSPS) is 13.2. The first-order chi connectivity index (χ1) is 8.17. The van der Waals surface area contributed by atoms with E-state index in [9.17, 15) is 0 Å². The van der Waals surface area contributed by atoms with Gasteiger partial charge >= 0.3 is 0 Å². The van der Waals surface area contributed by atoms with Gasteiger partial charge in [0.15, 0.2) is 0 Å². The molecule has 5 heteroatoms. The Kier molecular flexibility index (Phi) is 6.15. The van der Waals surface area contributed by atoms with Crippen LogP contribution in [0.15, 0.2) is 6.33 Å². The maximum absolute atomic E-state index is 5.15. The van der Waals surface area contributed by atoms with Crippen LogP contribution < -0.4 is 5.32 Å². The summed E-state index contributed by atoms with van der Waals surface area (Å²) in [5, 5.41) is 7.68. The number of hydrogen-bond acceptors (Lipinski definition) is 4. The van der Waals surface area contributed by atoms with E-state index in [4.69, 9.17) is 4.74 Å². The Bertz CT molecular complexity index is 311. The molecule has 5 nitrogen and oxygen atoms in total. The fourth-order valence-electron chi connectivity index (χ4n) is 1.68. The van der Waals surface area contributed by atoms with Gasteiger partial charge in [-0.25, -0.2) is 9.67 Å². The molecule has 1 heterocycles. The van der Waals surface area contributed by atoms with Crippen LogP contribution in [0.25, 0.3) is 0 Å². The third kappa shape index (κ3) is 4.83. The van der Waals surface area contributed by atoms with Crippen LogP contribution in [0.4, 0.5) is 0 Å². The predicted octanol–water partition coefficient (Wildman–Crippen LogP) is 1.45. The average Bonchev–Trinajstić information content (AvgIpc) is 2.71. The topological polar surface area (TPSA) is 52.0 Å². The number of hydrogen-bond donors (Lipinski definition) is 1. The quantitative estimate of drug-likeness (QED) is 0.747. The molecule has 1 atom stereocenters. The molecular weight excluding hydrogens is 216 g/mol. The monoisotopic (exact) mass is 240 g/mol. The lowest BCUT2D eigenvalue weighted by Gasteiger charge is -2.16. The minimum absolute atomic E-state index is 0.379. The molecule has 0 amide bonds. The zero-order valence-corrected chi connectivity index (χ0v) is 11.3. The highest BCUT2D eigenvalue weighted by Crippen LogP contribution is 2.02. The van der Waals surface area contributed by atoms with Gasteiger partial charge in [-0.2, -0.15) is 5.10 Å². The summed E-state index contributed by atoms with van der Waals surface area (Å²) >= 11 is 0. The molecule has 0 bridgehead atoms. The highest BCUT2D eigenvalue weighted by Gasteiger charge is 2.09. The number of aromatic nitrogens is 3. The van der Waals surface area contributed by atoms with E-state index in [1.807, 2.05) is 4.68 Å². The van der Waals surface area contributed by atoms with Crippen LogP contribution in [0.1, 0.15) is 33.0 Å². The molecule has 0 saturated heterocycles. The van der Waals surface area contributed by atoms with Gasteiger partial charge in [-0.3, -0.25) is 0 Å². The molecule has 0 radical (unpaired) electrons. The molecule has 0 aliphatic carbocycles. The fraction of sp³-hybridized carbons (Fsp3) is 0.833. The lowest BCUT2D eigenvalue weighted by molar-refractivity contribution is 0.163. The Labute approximate surface area is 104 Å². The summed E-state index contributed by atoms with van der Waals surface area (Å²) in [7, 11) is 1.73. The first-order valence-corrected chi connectivity index (χ1v) is 6.26. The summed E-state index contributed by atoms with van der Waals surface area (Å²) in [6.45, 7) is 8.90. The summed E-state index contributed by atoms with van der Waals surface area (Å²) in [5.74, 6) is 1.57. The zero-order chi connectivity index (χ0) is 12.7. The van der Waals surface area contributed by atoms with E-state index in [0.29, 0.717) is 12.0 Å². The Morgan fingerprint density at radius 3 is 2.82 bits per heavy atom. The summed E-state index contributed by atoms with van der Waals surface area (Å²) < 4.78 is 7.12. The second kappa shape index (κ2) is 7.40. The number of ether oxygens (including phenoxy) is 1. The average molecular weight is 240 g/mol. The zero-order valence-electron chi connectivity index (χ0n) is 11.3. The molecule has 0 spiro atoms. The third-order valence-corrected chi connectivity index (χ3v) is 2.64. The van der Waals surface area contributed by atoms with Crippen molar-refractivity contribution in [1.29, 1.82) is 0 Å². The van der Waals surface area contributed by atoms with Crippen LogP contribution in [0.5, 0.6) is 0 Å². The van der Waals surface area contributed by atoms with Crippen molar-refractivity contribution < 1.29 is 4.74 Å². The second-order valence-electron chi connectivity index (χ2n) is 4.69. The lowest BCUT2D eigenvalue weighted by Crippen LogP contribution is -2.33. The van der Waals surface area contributed by atoms with Gasteiger partial charge in [0.2, 0.25) is 0 Å². The van der Waals surface area contributed by atoms with Crippen molar-refractivity contribution in [3.63, 3.8) is 0 Å². The van der Waals surface area contributed by atoms with E-state index < -0.39 is 0 Å². The standard InChI is InChI=1S/C12H24N4O/c1-5-11(8-17-4)13-6-12-14-9-15-16(12)7-10(2)3/h9-11,13H,5-8H2,1-4H3. The number of rotatable bonds is 8. The van der Waals surface area contributed by atoms with Gasteiger partial charge in [0.1, 0.15) is 12.2 Å². The van der Waals surface area contributed by atoms with Gasteiger partial charge in [0.05, 0.1) is 13.2 Å². The molecule has 0 aromatic carbocycles. The second-order valence-corrected chi connectivity index (χ2v) is 4.69. The SMILES string of the molecule is CCC(COC)NCc1ncnn1CC(C)C. The van der Waals surface area contributed by atoms with E-state index in [1.54, 1.807) is 13.4 Å². The molecule has 1 rings (SSSR count). The molecule has 0 aliphatic heterocycles. The molecule has 1 aromatic heterocycles. The molecule has 0 fully saturated rings. The highest BCUT2D eigenvalue weighted by atomic mass is 16.5. The Morgan fingerprint density at radius 1 is 1.47 bits per heavy atom. The third-order valence-electron chi connectivity index (χ3n) is 2.64. The molecular formula is C12H24N4O. The first kappa shape index (κ1) is 14.1. The molecule has 1 aromatic rings. The van der Waals surface area contributed by atoms with Crippen LogP contribution in [-0.2, 0) is 17.8 Å². The number of nitrogens with zero attached hydrogens (tertiary/aromatic N) is 3. The van der Waals surface area contributed by atoms with Crippen LogP contribution in [0.2, 0.25) is 0 Å². The van der Waals surface area contributed by atoms with Crippen LogP contribution in [0.3, 0.4) is 0 Å². The van der Waals surface area contributed by atoms with E-state index in [1.165, 1.54) is 0 Å². The van der Waals surface area contributed by atoms with Gasteiger partial charge in [0.25, 0.3) is 0 Å². The summed E-state index contributed by atoms with van der Waals surface area (Å²) in [5.41, 5.74) is 0. The first-order valence-electron chi connectivity index (χ1n) is 6.26. The van der Waals surface area contributed by atoms with Crippen molar-refractivity contribution in [3.8, 4) is 0 Å². The molecule has 0 saturated carbocycles. The molecule has 17 heavy (non-hydrogen) atoms. The summed E-state index contributed by atoms with van der Waals surface area (Å²) in [4.78, 5) is 4.28. The summed E-state index contributed by atoms with van der Waals surface area (Å²) in [6.07, 6.45) is 2.67. The van der Waals surface area contributed by atoms with Gasteiger partial charge in [-0.15, -0.1) is 0 Å². The lowest BCUT2D eigenvalue weighted by atomic mass is 10.2. The van der Waals surface area contributed by atoms with E-state index in [0.717, 1.165) is 31.9 Å². The minimum Gasteiger partial charge on any atom is -0.383 e. The Balaban J connectivity index is 2.47. The van der Waals surface area contributed by atoms with Gasteiger partial charge in [-0.05, 0) is 12.3 Å². The molecule has 0 aliphatic rings. The number of nitrogens with one attached hydrogen (secondary N) is 1. The van der Waals surface area contributed by atoms with Gasteiger partial charge in [-0.1, -0.05) is 20.8 Å². The minimum atomic E-state index is 0.379. The molecule has 1 N–H and O–H groups in total. The van der Waals surface area contributed by atoms with E-state index >= 15 is 0 Å². The van der Waals surface area contributed by atoms with Crippen LogP contribution in [0, 0.1) is 5.92 Å². The van der Waals surface area contributed by atoms with Crippen LogP contribution >= 0.6 is 0 Å². The van der Waals surface area contributed by atoms with E-state index in [2.05, 4.69) is 36.2 Å². The van der Waals surface area contributed by atoms with Crippen molar-refractivity contribution in [2.75, 3.05) is 13.7 Å². The largest absolute Gasteiger partial charge is 0.383 e. The molecule has 98 valence electrons. The highest BCUT2D eigenvalue weighted by molar-refractivity contribution is 4.85. The van der Waals surface area contributed by atoms with Gasteiger partial charge < -0.3 is 10.1 Å². The maximum atomic E-state index is 5.15. The summed E-state index contributed by atoms with van der Waals surface area (Å²) in [6, 6.07) is 0.379. The smallest absolute Gasteiger partial charge is 0.140 e. The predicted molar refractivity (Wildman–Crippen MR) is 67.7 cm³/mol. The number of methoxy groups -OCH3 is 1. The molecule has 1 unspecified atom stereocenters. The Morgan fingerprint density at radius 2 is 2.24 bits per heavy atom. The van der Waals surface area contributed by atoms with E-state index in [-0.39, 0.29) is 0 Å². The van der Waals surface area contributed by atoms with Gasteiger partial charge in [0, 0.05) is 19.7 Å². The van der Waals surface area contributed by atoms with Crippen LogP contribution in [-0.4, -0.2) is 34.5 Å². The van der Waals surface area contributed by atoms with Crippen molar-refractivity contribution >= 4 is 0 Å². The van der Waals surface area contributed by atoms with Crippen molar-refractivity contribution in [1.82, 2.24) is 20.1 Å². The fourth-order valence-corrected chi connectivity index (χ4v) is 1.68. The van der Waals surface area contributed by atoms with Crippen molar-refractivity contribution in [2.24, 2.45) is 5.92 Å².